The summed E-state index contributed by atoms with van der Waals surface area (Å²) in [6.07, 6.45) is 3.63. The fourth-order valence-corrected chi connectivity index (χ4v) is 2.28. The van der Waals surface area contributed by atoms with E-state index in [1.165, 1.54) is 4.57 Å². The van der Waals surface area contributed by atoms with Crippen molar-refractivity contribution in [3.8, 4) is 5.69 Å². The Hall–Kier alpha value is -1.30. The molecule has 0 aliphatic heterocycles. The van der Waals surface area contributed by atoms with Crippen molar-refractivity contribution in [2.45, 2.75) is 25.7 Å². The number of benzene rings is 1. The lowest BCUT2D eigenvalue weighted by molar-refractivity contribution is 0.661. The number of hydrogen-bond acceptors (Lipinski definition) is 3. The van der Waals surface area contributed by atoms with Crippen molar-refractivity contribution < 1.29 is 0 Å². The van der Waals surface area contributed by atoms with Crippen LogP contribution in [0.15, 0.2) is 23.0 Å². The van der Waals surface area contributed by atoms with E-state index in [2.05, 4.69) is 10.2 Å². The topological polar surface area (TPSA) is 76.7 Å². The summed E-state index contributed by atoms with van der Waals surface area (Å²) >= 11 is 11.9. The highest BCUT2D eigenvalue weighted by Crippen LogP contribution is 2.24. The largest absolute Gasteiger partial charge is 0.347 e. The molecule has 1 aromatic heterocycles. The van der Waals surface area contributed by atoms with Gasteiger partial charge < -0.3 is 5.73 Å². The fraction of sp³-hybridized carbons (Fsp3) is 0.385. The van der Waals surface area contributed by atoms with Gasteiger partial charge in [0.15, 0.2) is 0 Å². The number of unbranched alkanes of at least 4 members (excludes halogenated alkanes) is 2. The first-order valence-corrected chi connectivity index (χ1v) is 7.21. The van der Waals surface area contributed by atoms with Gasteiger partial charge in [-0.3, -0.25) is 0 Å². The van der Waals surface area contributed by atoms with Crippen molar-refractivity contribution in [1.29, 1.82) is 0 Å². The van der Waals surface area contributed by atoms with Gasteiger partial charge in [0.1, 0.15) is 5.82 Å². The van der Waals surface area contributed by atoms with Crippen LogP contribution in [0.2, 0.25) is 10.0 Å². The molecule has 0 atom stereocenters. The van der Waals surface area contributed by atoms with Crippen molar-refractivity contribution in [3.63, 3.8) is 0 Å². The van der Waals surface area contributed by atoms with Crippen LogP contribution in [0.3, 0.4) is 0 Å². The summed E-state index contributed by atoms with van der Waals surface area (Å²) in [7, 11) is 0. The van der Waals surface area contributed by atoms with Gasteiger partial charge >= 0.3 is 5.69 Å². The molecular formula is C13H16Cl2N4O. The van der Waals surface area contributed by atoms with Crippen LogP contribution < -0.4 is 11.4 Å². The second kappa shape index (κ2) is 6.92. The molecule has 0 aliphatic carbocycles. The molecule has 0 unspecified atom stereocenters. The molecule has 0 amide bonds. The quantitative estimate of drug-likeness (QED) is 0.804. The normalized spacial score (nSPS) is 10.9. The van der Waals surface area contributed by atoms with Crippen LogP contribution in [0.5, 0.6) is 0 Å². The van der Waals surface area contributed by atoms with E-state index in [4.69, 9.17) is 28.9 Å². The molecule has 3 N–H and O–H groups in total. The predicted octanol–water partition coefficient (Wildman–Crippen LogP) is 2.54. The van der Waals surface area contributed by atoms with Crippen molar-refractivity contribution in [2.24, 2.45) is 5.73 Å². The highest BCUT2D eigenvalue weighted by Gasteiger charge is 2.11. The number of nitrogens with zero attached hydrogens (tertiary/aromatic N) is 2. The van der Waals surface area contributed by atoms with E-state index < -0.39 is 0 Å². The second-order valence-corrected chi connectivity index (χ2v) is 5.29. The Balaban J connectivity index is 2.24. The molecule has 5 nitrogen and oxygen atoms in total. The van der Waals surface area contributed by atoms with Crippen molar-refractivity contribution in [2.75, 3.05) is 6.54 Å². The van der Waals surface area contributed by atoms with Crippen molar-refractivity contribution >= 4 is 23.2 Å². The van der Waals surface area contributed by atoms with E-state index in [0.29, 0.717) is 34.5 Å². The third-order valence-electron chi connectivity index (χ3n) is 3.01. The Bertz CT molecular complexity index is 636. The van der Waals surface area contributed by atoms with Gasteiger partial charge in [-0.25, -0.2) is 14.5 Å². The summed E-state index contributed by atoms with van der Waals surface area (Å²) < 4.78 is 1.52. The summed E-state index contributed by atoms with van der Waals surface area (Å²) in [4.78, 5) is 11.9. The third-order valence-corrected chi connectivity index (χ3v) is 3.75. The van der Waals surface area contributed by atoms with E-state index in [1.54, 1.807) is 18.2 Å². The first kappa shape index (κ1) is 15.1. The molecule has 2 rings (SSSR count). The van der Waals surface area contributed by atoms with Crippen LogP contribution in [0.25, 0.3) is 5.69 Å². The van der Waals surface area contributed by atoms with Crippen molar-refractivity contribution in [3.05, 3.63) is 44.6 Å². The number of hydrogen-bond donors (Lipinski definition) is 2. The van der Waals surface area contributed by atoms with Crippen LogP contribution in [-0.2, 0) is 6.42 Å². The molecular weight excluding hydrogens is 299 g/mol. The molecule has 0 spiro atoms. The molecule has 1 aromatic carbocycles. The molecule has 0 saturated carbocycles. The number of aromatic amines is 1. The molecule has 0 bridgehead atoms. The van der Waals surface area contributed by atoms with E-state index in [1.807, 2.05) is 0 Å². The van der Waals surface area contributed by atoms with Crippen LogP contribution >= 0.6 is 23.2 Å². The molecule has 2 aromatic rings. The highest BCUT2D eigenvalue weighted by molar-refractivity contribution is 6.42. The Morgan fingerprint density at radius 1 is 1.20 bits per heavy atom. The lowest BCUT2D eigenvalue weighted by atomic mass is 10.2. The zero-order chi connectivity index (χ0) is 14.5. The van der Waals surface area contributed by atoms with Gasteiger partial charge in [-0.2, -0.15) is 5.10 Å². The van der Waals surface area contributed by atoms with E-state index in [-0.39, 0.29) is 5.69 Å². The van der Waals surface area contributed by atoms with Gasteiger partial charge in [0.25, 0.3) is 0 Å². The molecule has 20 heavy (non-hydrogen) atoms. The number of nitrogens with two attached hydrogens (primary N) is 1. The lowest BCUT2D eigenvalue weighted by Crippen LogP contribution is -2.17. The smallest absolute Gasteiger partial charge is 0.330 e. The number of halogens is 2. The zero-order valence-corrected chi connectivity index (χ0v) is 12.4. The Morgan fingerprint density at radius 2 is 2.00 bits per heavy atom. The van der Waals surface area contributed by atoms with Crippen LogP contribution in [0.4, 0.5) is 0 Å². The first-order chi connectivity index (χ1) is 9.63. The molecule has 0 saturated heterocycles. The van der Waals surface area contributed by atoms with E-state index in [0.717, 1.165) is 19.3 Å². The molecule has 0 fully saturated rings. The summed E-state index contributed by atoms with van der Waals surface area (Å²) in [5, 5.41) is 7.39. The minimum atomic E-state index is -0.280. The standard InChI is InChI=1S/C13H16Cl2N4O/c14-10-6-5-9(8-11(10)15)19-12(17-18-13(19)20)4-2-1-3-7-16/h5-6,8H,1-4,7,16H2,(H,18,20). The van der Waals surface area contributed by atoms with Gasteiger partial charge in [-0.15, -0.1) is 0 Å². The Labute approximate surface area is 126 Å². The summed E-state index contributed by atoms with van der Waals surface area (Å²) in [5.74, 6) is 0.686. The maximum atomic E-state index is 11.9. The first-order valence-electron chi connectivity index (χ1n) is 6.45. The molecule has 7 heteroatoms. The number of H-pyrrole nitrogens is 1. The number of aromatic nitrogens is 3. The van der Waals surface area contributed by atoms with Crippen LogP contribution in [0, 0.1) is 0 Å². The van der Waals surface area contributed by atoms with E-state index >= 15 is 0 Å². The average Bonchev–Trinajstić information content (AvgIpc) is 2.79. The van der Waals surface area contributed by atoms with Gasteiger partial charge in [-0.05, 0) is 37.6 Å². The fourth-order valence-electron chi connectivity index (χ4n) is 1.99. The summed E-state index contributed by atoms with van der Waals surface area (Å²) in [6.45, 7) is 0.681. The summed E-state index contributed by atoms with van der Waals surface area (Å²) in [6, 6.07) is 5.07. The van der Waals surface area contributed by atoms with Gasteiger partial charge in [0, 0.05) is 6.42 Å². The summed E-state index contributed by atoms with van der Waals surface area (Å²) in [5.41, 5.74) is 5.84. The Kier molecular flexibility index (Phi) is 5.23. The maximum Gasteiger partial charge on any atom is 0.347 e. The molecule has 0 radical (unpaired) electrons. The highest BCUT2D eigenvalue weighted by atomic mass is 35.5. The van der Waals surface area contributed by atoms with Crippen LogP contribution in [-0.4, -0.2) is 21.3 Å². The average molecular weight is 315 g/mol. The minimum absolute atomic E-state index is 0.280. The number of nitrogens with one attached hydrogen (secondary N) is 1. The third kappa shape index (κ3) is 3.42. The molecule has 0 aliphatic rings. The van der Waals surface area contributed by atoms with Gasteiger partial charge in [0.05, 0.1) is 15.7 Å². The van der Waals surface area contributed by atoms with Crippen molar-refractivity contribution in [1.82, 2.24) is 14.8 Å². The van der Waals surface area contributed by atoms with Crippen LogP contribution in [0.1, 0.15) is 25.1 Å². The zero-order valence-electron chi connectivity index (χ0n) is 10.9. The van der Waals surface area contributed by atoms with E-state index in [9.17, 15) is 4.79 Å². The van der Waals surface area contributed by atoms with Gasteiger partial charge in [-0.1, -0.05) is 29.6 Å². The Morgan fingerprint density at radius 3 is 2.70 bits per heavy atom. The van der Waals surface area contributed by atoms with Gasteiger partial charge in [0.2, 0.25) is 0 Å². The lowest BCUT2D eigenvalue weighted by Gasteiger charge is -2.06. The maximum absolute atomic E-state index is 11.9. The number of aryl methyl sites for hydroxylation is 1. The molecule has 1 heterocycles. The SMILES string of the molecule is NCCCCCc1n[nH]c(=O)n1-c1ccc(Cl)c(Cl)c1. The monoisotopic (exact) mass is 314 g/mol. The second-order valence-electron chi connectivity index (χ2n) is 4.48. The number of rotatable bonds is 6. The minimum Gasteiger partial charge on any atom is -0.330 e. The predicted molar refractivity (Wildman–Crippen MR) is 80.8 cm³/mol. The molecule has 108 valence electrons.